The minimum atomic E-state index is -1.41. The van der Waals surface area contributed by atoms with Crippen molar-refractivity contribution in [2.45, 2.75) is 98.4 Å². The van der Waals surface area contributed by atoms with Crippen molar-refractivity contribution in [1.29, 1.82) is 0 Å². The summed E-state index contributed by atoms with van der Waals surface area (Å²) in [6.07, 6.45) is 8.34. The Morgan fingerprint density at radius 1 is 1.15 bits per heavy atom. The van der Waals surface area contributed by atoms with Gasteiger partial charge in [-0.2, -0.15) is 0 Å². The Balaban J connectivity index is 1.69. The second-order valence-corrected chi connectivity index (χ2v) is 12.2. The molecule has 0 spiro atoms. The van der Waals surface area contributed by atoms with Gasteiger partial charge in [0, 0.05) is 24.5 Å². The average Bonchev–Trinajstić information content (AvgIpc) is 3.05. The summed E-state index contributed by atoms with van der Waals surface area (Å²) in [5.41, 5.74) is 0.755. The second-order valence-electron chi connectivity index (χ2n) is 12.2. The molecule has 1 aliphatic heterocycles. The van der Waals surface area contributed by atoms with Crippen LogP contribution in [0.2, 0.25) is 0 Å². The molecule has 1 heterocycles. The van der Waals surface area contributed by atoms with Gasteiger partial charge < -0.3 is 19.4 Å². The van der Waals surface area contributed by atoms with Gasteiger partial charge in [0.15, 0.2) is 0 Å². The smallest absolute Gasteiger partial charge is 0.333 e. The molecule has 8 atom stereocenters. The predicted molar refractivity (Wildman–Crippen MR) is 123 cm³/mol. The van der Waals surface area contributed by atoms with Gasteiger partial charge >= 0.3 is 11.9 Å². The van der Waals surface area contributed by atoms with Crippen molar-refractivity contribution in [3.63, 3.8) is 0 Å². The van der Waals surface area contributed by atoms with Crippen molar-refractivity contribution in [2.75, 3.05) is 0 Å². The van der Waals surface area contributed by atoms with Crippen LogP contribution in [0.1, 0.15) is 86.0 Å². The summed E-state index contributed by atoms with van der Waals surface area (Å²) < 4.78 is 10.5. The standard InChI is InChI=1S/C27H40O6/c1-16(29)32-20(18-13-23(30)33-24(18)31)14-19-17(15-28)7-8-22-26(19,4)12-9-21-25(2,3)10-6-11-27(21,22)5/h13,15,17,19-22,24,31H,6-12,14H2,1-5H3/t17-,19-,20-,21+,22+,24?,26+,27+/m1/s1. The van der Waals surface area contributed by atoms with Gasteiger partial charge in [0.25, 0.3) is 0 Å². The van der Waals surface area contributed by atoms with Gasteiger partial charge in [-0.25, -0.2) is 4.79 Å². The lowest BCUT2D eigenvalue weighted by Crippen LogP contribution is -2.59. The first-order chi connectivity index (χ1) is 15.4. The maximum atomic E-state index is 12.2. The Morgan fingerprint density at radius 2 is 1.88 bits per heavy atom. The predicted octanol–water partition coefficient (Wildman–Crippen LogP) is 4.58. The van der Waals surface area contributed by atoms with Crippen LogP contribution in [0.25, 0.3) is 0 Å². The van der Waals surface area contributed by atoms with E-state index in [1.54, 1.807) is 0 Å². The summed E-state index contributed by atoms with van der Waals surface area (Å²) in [5.74, 6) is -0.0755. The van der Waals surface area contributed by atoms with Crippen molar-refractivity contribution in [2.24, 2.45) is 39.9 Å². The number of rotatable bonds is 5. The second kappa shape index (κ2) is 8.51. The Kier molecular flexibility index (Phi) is 6.30. The SMILES string of the molecule is CC(=O)O[C@H](C[C@@H]1[C@@H](C=O)CC[C@H]2[C@@]1(C)CC[C@H]1C(C)(C)CCC[C@]21C)C1=CC(=O)OC1O. The molecule has 0 amide bonds. The van der Waals surface area contributed by atoms with Gasteiger partial charge in [-0.3, -0.25) is 4.79 Å². The molecule has 1 N–H and O–H groups in total. The fourth-order valence-electron chi connectivity index (χ4n) is 8.80. The highest BCUT2D eigenvalue weighted by Crippen LogP contribution is 2.69. The van der Waals surface area contributed by atoms with Crippen LogP contribution in [0.5, 0.6) is 0 Å². The first-order valence-corrected chi connectivity index (χ1v) is 12.6. The van der Waals surface area contributed by atoms with Crippen molar-refractivity contribution < 1.29 is 29.0 Å². The molecule has 3 saturated carbocycles. The fourth-order valence-corrected chi connectivity index (χ4v) is 8.80. The normalized spacial score (nSPS) is 42.9. The first kappa shape index (κ1) is 24.4. The molecule has 0 aromatic carbocycles. The molecule has 1 unspecified atom stereocenters. The molecular formula is C27H40O6. The zero-order chi connectivity index (χ0) is 24.2. The van der Waals surface area contributed by atoms with Gasteiger partial charge in [-0.05, 0) is 78.9 Å². The van der Waals surface area contributed by atoms with E-state index < -0.39 is 24.3 Å². The molecule has 0 bridgehead atoms. The number of hydrogen-bond acceptors (Lipinski definition) is 6. The molecule has 33 heavy (non-hydrogen) atoms. The third-order valence-corrected chi connectivity index (χ3v) is 10.1. The van der Waals surface area contributed by atoms with E-state index in [4.69, 9.17) is 9.47 Å². The highest BCUT2D eigenvalue weighted by Gasteiger charge is 2.62. The number of aliphatic hydroxyl groups excluding tert-OH is 1. The highest BCUT2D eigenvalue weighted by atomic mass is 16.6. The zero-order valence-electron chi connectivity index (χ0n) is 20.8. The monoisotopic (exact) mass is 460 g/mol. The molecule has 184 valence electrons. The molecule has 6 heteroatoms. The minimum Gasteiger partial charge on any atom is -0.458 e. The number of aldehydes is 1. The third kappa shape index (κ3) is 4.06. The number of ether oxygens (including phenoxy) is 2. The third-order valence-electron chi connectivity index (χ3n) is 10.1. The van der Waals surface area contributed by atoms with Crippen LogP contribution in [0.4, 0.5) is 0 Å². The van der Waals surface area contributed by atoms with Crippen LogP contribution in [-0.2, 0) is 23.9 Å². The van der Waals surface area contributed by atoms with E-state index in [1.165, 1.54) is 32.3 Å². The largest absolute Gasteiger partial charge is 0.458 e. The van der Waals surface area contributed by atoms with Crippen LogP contribution in [-0.4, -0.2) is 35.7 Å². The van der Waals surface area contributed by atoms with Crippen LogP contribution >= 0.6 is 0 Å². The number of carbonyl (C=O) groups excluding carboxylic acids is 3. The van der Waals surface area contributed by atoms with E-state index in [-0.39, 0.29) is 28.2 Å². The maximum Gasteiger partial charge on any atom is 0.333 e. The van der Waals surface area contributed by atoms with Crippen molar-refractivity contribution >= 4 is 18.2 Å². The molecule has 4 rings (SSSR count). The molecule has 4 aliphatic rings. The van der Waals surface area contributed by atoms with Crippen LogP contribution in [0, 0.1) is 39.9 Å². The van der Waals surface area contributed by atoms with E-state index in [9.17, 15) is 19.5 Å². The van der Waals surface area contributed by atoms with Crippen LogP contribution < -0.4 is 0 Å². The zero-order valence-corrected chi connectivity index (χ0v) is 20.8. The van der Waals surface area contributed by atoms with Gasteiger partial charge in [-0.15, -0.1) is 0 Å². The number of cyclic esters (lactones) is 1. The lowest BCUT2D eigenvalue weighted by Gasteiger charge is -2.66. The Bertz CT molecular complexity index is 846. The van der Waals surface area contributed by atoms with E-state index in [1.807, 2.05) is 0 Å². The molecular weight excluding hydrogens is 420 g/mol. The topological polar surface area (TPSA) is 89.9 Å². The Labute approximate surface area is 197 Å². The lowest BCUT2D eigenvalue weighted by atomic mass is 9.38. The minimum absolute atomic E-state index is 0.00437. The lowest BCUT2D eigenvalue weighted by molar-refractivity contribution is -0.182. The molecule has 3 aliphatic carbocycles. The summed E-state index contributed by atoms with van der Waals surface area (Å²) in [4.78, 5) is 35.9. The van der Waals surface area contributed by atoms with Crippen molar-refractivity contribution in [1.82, 2.24) is 0 Å². The van der Waals surface area contributed by atoms with Gasteiger partial charge in [0.05, 0.1) is 0 Å². The summed E-state index contributed by atoms with van der Waals surface area (Å²) in [6.45, 7) is 11.0. The summed E-state index contributed by atoms with van der Waals surface area (Å²) >= 11 is 0. The van der Waals surface area contributed by atoms with Gasteiger partial charge in [-0.1, -0.05) is 34.1 Å². The average molecular weight is 461 g/mol. The van der Waals surface area contributed by atoms with Gasteiger partial charge in [0.1, 0.15) is 12.4 Å². The molecule has 3 fully saturated rings. The van der Waals surface area contributed by atoms with Crippen molar-refractivity contribution in [3.05, 3.63) is 11.6 Å². The molecule has 0 saturated heterocycles. The quantitative estimate of drug-likeness (QED) is 0.477. The number of carbonyl (C=O) groups is 3. The number of esters is 2. The summed E-state index contributed by atoms with van der Waals surface area (Å²) in [5, 5.41) is 10.3. The number of hydrogen-bond donors (Lipinski definition) is 1. The summed E-state index contributed by atoms with van der Waals surface area (Å²) in [6, 6.07) is 0. The van der Waals surface area contributed by atoms with E-state index in [0.29, 0.717) is 23.7 Å². The number of aliphatic hydroxyl groups is 1. The molecule has 0 radical (unpaired) electrons. The van der Waals surface area contributed by atoms with Crippen LogP contribution in [0.3, 0.4) is 0 Å². The first-order valence-electron chi connectivity index (χ1n) is 12.6. The van der Waals surface area contributed by atoms with E-state index in [2.05, 4.69) is 27.7 Å². The summed E-state index contributed by atoms with van der Waals surface area (Å²) in [7, 11) is 0. The Morgan fingerprint density at radius 3 is 2.48 bits per heavy atom. The van der Waals surface area contributed by atoms with E-state index >= 15 is 0 Å². The Hall–Kier alpha value is -1.69. The molecule has 6 nitrogen and oxygen atoms in total. The fraction of sp³-hybridized carbons (Fsp3) is 0.815. The maximum absolute atomic E-state index is 12.2. The van der Waals surface area contributed by atoms with E-state index in [0.717, 1.165) is 32.0 Å². The van der Waals surface area contributed by atoms with Crippen LogP contribution in [0.15, 0.2) is 11.6 Å². The van der Waals surface area contributed by atoms with Gasteiger partial charge in [0.2, 0.25) is 6.29 Å². The molecule has 0 aromatic heterocycles. The van der Waals surface area contributed by atoms with Crippen molar-refractivity contribution in [3.8, 4) is 0 Å². The molecule has 0 aromatic rings. The number of fused-ring (bicyclic) bond motifs is 3. The highest BCUT2D eigenvalue weighted by molar-refractivity contribution is 5.86.